The van der Waals surface area contributed by atoms with Crippen molar-refractivity contribution in [1.29, 1.82) is 0 Å². The summed E-state index contributed by atoms with van der Waals surface area (Å²) >= 11 is 2.62. The first-order valence-corrected chi connectivity index (χ1v) is 13.3. The topological polar surface area (TPSA) is 122 Å². The number of nitrogens with zero attached hydrogens (tertiary/aromatic N) is 1. The first-order valence-electron chi connectivity index (χ1n) is 9.81. The molecular weight excluding hydrogens is 450 g/mol. The van der Waals surface area contributed by atoms with Crippen LogP contribution < -0.4 is 10.6 Å². The molecule has 0 unspecified atom stereocenters. The second-order valence-electron chi connectivity index (χ2n) is 7.06. The first-order chi connectivity index (χ1) is 14.4. The lowest BCUT2D eigenvalue weighted by Crippen LogP contribution is -2.46. The van der Waals surface area contributed by atoms with Gasteiger partial charge in [-0.3, -0.25) is 10.1 Å². The Balaban J connectivity index is 1.52. The van der Waals surface area contributed by atoms with Gasteiger partial charge in [0.25, 0.3) is 5.91 Å². The van der Waals surface area contributed by atoms with Crippen molar-refractivity contribution < 1.29 is 27.5 Å². The molecule has 1 aliphatic carbocycles. The number of nitrogens with one attached hydrogen (secondary N) is 2. The van der Waals surface area contributed by atoms with Crippen LogP contribution in [0.5, 0.6) is 0 Å². The van der Waals surface area contributed by atoms with Crippen molar-refractivity contribution in [3.63, 3.8) is 0 Å². The van der Waals surface area contributed by atoms with E-state index >= 15 is 0 Å². The number of urea groups is 1. The Morgan fingerprint density at radius 1 is 1.13 bits per heavy atom. The van der Waals surface area contributed by atoms with Crippen LogP contribution in [-0.4, -0.2) is 67.9 Å². The van der Waals surface area contributed by atoms with Gasteiger partial charge in [-0.05, 0) is 24.3 Å². The van der Waals surface area contributed by atoms with E-state index in [9.17, 15) is 22.8 Å². The summed E-state index contributed by atoms with van der Waals surface area (Å²) in [4.78, 5) is 36.0. The molecule has 1 saturated heterocycles. The van der Waals surface area contributed by atoms with Gasteiger partial charge in [0.15, 0.2) is 6.61 Å². The Morgan fingerprint density at radius 2 is 1.83 bits per heavy atom. The molecule has 3 rings (SSSR count). The number of thiophene rings is 1. The molecule has 1 aromatic rings. The Bertz CT molecular complexity index is 873. The molecule has 2 aliphatic rings. The van der Waals surface area contributed by atoms with Gasteiger partial charge in [0.05, 0.1) is 0 Å². The number of carbonyl (C=O) groups is 3. The minimum Gasteiger partial charge on any atom is -0.451 e. The molecule has 1 saturated carbocycles. The zero-order valence-electron chi connectivity index (χ0n) is 16.4. The van der Waals surface area contributed by atoms with Crippen LogP contribution in [0, 0.1) is 0 Å². The van der Waals surface area contributed by atoms with Crippen LogP contribution in [0.25, 0.3) is 0 Å². The fourth-order valence-corrected chi connectivity index (χ4v) is 7.26. The van der Waals surface area contributed by atoms with Crippen LogP contribution >= 0.6 is 23.1 Å². The number of amides is 3. The maximum Gasteiger partial charge on any atom is 0.350 e. The summed E-state index contributed by atoms with van der Waals surface area (Å²) < 4.78 is 32.0. The van der Waals surface area contributed by atoms with E-state index in [4.69, 9.17) is 4.74 Å². The molecule has 0 aromatic carbocycles. The standard InChI is InChI=1S/C18H25N3O6S3/c22-15(20-18(24)19-13-4-2-1-3-5-13)12-27-17(23)16-14(6-9-29-16)30(25,26)21-7-10-28-11-8-21/h6,9,13H,1-5,7-8,10-12H2,(H2,19,20,22,24). The molecule has 2 fully saturated rings. The van der Waals surface area contributed by atoms with Crippen molar-refractivity contribution in [2.24, 2.45) is 0 Å². The largest absolute Gasteiger partial charge is 0.451 e. The molecule has 0 spiro atoms. The van der Waals surface area contributed by atoms with Crippen molar-refractivity contribution in [3.05, 3.63) is 16.3 Å². The molecule has 9 nitrogen and oxygen atoms in total. The van der Waals surface area contributed by atoms with Crippen molar-refractivity contribution >= 4 is 51.0 Å². The van der Waals surface area contributed by atoms with Crippen LogP contribution in [0.4, 0.5) is 4.79 Å². The van der Waals surface area contributed by atoms with Crippen LogP contribution in [0.15, 0.2) is 16.3 Å². The number of ether oxygens (including phenoxy) is 1. The van der Waals surface area contributed by atoms with Crippen LogP contribution in [0.2, 0.25) is 0 Å². The molecule has 0 radical (unpaired) electrons. The van der Waals surface area contributed by atoms with Gasteiger partial charge in [0, 0.05) is 30.6 Å². The number of thioether (sulfide) groups is 1. The molecule has 3 amide bonds. The number of esters is 1. The molecule has 0 bridgehead atoms. The molecule has 166 valence electrons. The van der Waals surface area contributed by atoms with E-state index in [1.807, 2.05) is 0 Å². The van der Waals surface area contributed by atoms with Crippen molar-refractivity contribution in [3.8, 4) is 0 Å². The lowest BCUT2D eigenvalue weighted by atomic mass is 9.96. The van der Waals surface area contributed by atoms with Crippen LogP contribution in [-0.2, 0) is 19.6 Å². The average Bonchev–Trinajstić information content (AvgIpc) is 3.24. The number of rotatable bonds is 6. The van der Waals surface area contributed by atoms with E-state index in [1.54, 1.807) is 11.8 Å². The highest BCUT2D eigenvalue weighted by molar-refractivity contribution is 7.99. The van der Waals surface area contributed by atoms with Gasteiger partial charge in [-0.1, -0.05) is 19.3 Å². The van der Waals surface area contributed by atoms with Crippen LogP contribution in [0.1, 0.15) is 41.8 Å². The lowest BCUT2D eigenvalue weighted by Gasteiger charge is -2.25. The third-order valence-electron chi connectivity index (χ3n) is 4.93. The number of hydrogen-bond acceptors (Lipinski definition) is 8. The van der Waals surface area contributed by atoms with Crippen molar-refractivity contribution in [1.82, 2.24) is 14.9 Å². The maximum atomic E-state index is 12.8. The molecule has 0 atom stereocenters. The minimum absolute atomic E-state index is 0.0428. The quantitative estimate of drug-likeness (QED) is 0.602. The lowest BCUT2D eigenvalue weighted by molar-refractivity contribution is -0.123. The van der Waals surface area contributed by atoms with E-state index in [1.165, 1.54) is 15.8 Å². The summed E-state index contributed by atoms with van der Waals surface area (Å²) in [5, 5.41) is 6.37. The summed E-state index contributed by atoms with van der Waals surface area (Å²) in [6.45, 7) is 0.0976. The third-order valence-corrected chi connectivity index (χ3v) is 8.84. The van der Waals surface area contributed by atoms with Crippen molar-refractivity contribution in [2.45, 2.75) is 43.0 Å². The highest BCUT2D eigenvalue weighted by Crippen LogP contribution is 2.27. The maximum absolute atomic E-state index is 12.8. The molecular formula is C18H25N3O6S3. The van der Waals surface area contributed by atoms with Gasteiger partial charge < -0.3 is 10.1 Å². The Morgan fingerprint density at radius 3 is 2.53 bits per heavy atom. The first kappa shape index (κ1) is 23.0. The normalized spacial score (nSPS) is 18.5. The minimum atomic E-state index is -3.80. The van der Waals surface area contributed by atoms with Gasteiger partial charge in [0.1, 0.15) is 9.77 Å². The summed E-state index contributed by atoms with van der Waals surface area (Å²) in [6.07, 6.45) is 4.98. The molecule has 2 N–H and O–H groups in total. The van der Waals surface area contributed by atoms with E-state index < -0.39 is 34.5 Å². The second-order valence-corrected chi connectivity index (χ2v) is 11.1. The Labute approximate surface area is 184 Å². The zero-order valence-corrected chi connectivity index (χ0v) is 18.9. The average molecular weight is 476 g/mol. The van der Waals surface area contributed by atoms with Gasteiger partial charge in [-0.2, -0.15) is 16.1 Å². The van der Waals surface area contributed by atoms with E-state index in [-0.39, 0.29) is 15.8 Å². The monoisotopic (exact) mass is 475 g/mol. The second kappa shape index (κ2) is 10.6. The van der Waals surface area contributed by atoms with E-state index in [2.05, 4.69) is 10.6 Å². The number of sulfonamides is 1. The summed E-state index contributed by atoms with van der Waals surface area (Å²) in [6, 6.07) is 0.794. The van der Waals surface area contributed by atoms with E-state index in [0.29, 0.717) is 24.6 Å². The SMILES string of the molecule is O=C(COC(=O)c1sccc1S(=O)(=O)N1CCSCC1)NC(=O)NC1CCCCC1. The fraction of sp³-hybridized carbons (Fsp3) is 0.611. The fourth-order valence-electron chi connectivity index (χ4n) is 3.40. The van der Waals surface area contributed by atoms with Gasteiger partial charge in [0.2, 0.25) is 10.0 Å². The molecule has 1 aromatic heterocycles. The molecule has 30 heavy (non-hydrogen) atoms. The van der Waals surface area contributed by atoms with Crippen LogP contribution in [0.3, 0.4) is 0 Å². The number of hydrogen-bond donors (Lipinski definition) is 2. The number of imide groups is 1. The van der Waals surface area contributed by atoms with Gasteiger partial charge in [-0.25, -0.2) is 18.0 Å². The predicted molar refractivity (Wildman–Crippen MR) is 114 cm³/mol. The summed E-state index contributed by atoms with van der Waals surface area (Å²) in [5.74, 6) is -0.276. The van der Waals surface area contributed by atoms with Gasteiger partial charge in [-0.15, -0.1) is 11.3 Å². The zero-order chi connectivity index (χ0) is 21.6. The Hall–Kier alpha value is -1.63. The molecule has 2 heterocycles. The third kappa shape index (κ3) is 5.96. The summed E-state index contributed by atoms with van der Waals surface area (Å²) in [5.41, 5.74) is 0. The summed E-state index contributed by atoms with van der Waals surface area (Å²) in [7, 11) is -3.80. The highest BCUT2D eigenvalue weighted by atomic mass is 32.2. The predicted octanol–water partition coefficient (Wildman–Crippen LogP) is 1.80. The van der Waals surface area contributed by atoms with Gasteiger partial charge >= 0.3 is 12.0 Å². The molecule has 1 aliphatic heterocycles. The Kier molecular flexibility index (Phi) is 8.14. The van der Waals surface area contributed by atoms with E-state index in [0.717, 1.165) is 43.4 Å². The molecule has 12 heteroatoms. The smallest absolute Gasteiger partial charge is 0.350 e. The highest BCUT2D eigenvalue weighted by Gasteiger charge is 2.32. The number of carbonyl (C=O) groups excluding carboxylic acids is 3. The van der Waals surface area contributed by atoms with Crippen molar-refractivity contribution in [2.75, 3.05) is 31.2 Å².